The number of nitrogens with two attached hydrogens (primary N) is 1. The van der Waals surface area contributed by atoms with E-state index >= 15 is 0 Å². The van der Waals surface area contributed by atoms with Crippen molar-refractivity contribution in [1.29, 1.82) is 0 Å². The predicted octanol–water partition coefficient (Wildman–Crippen LogP) is 0.185. The second kappa shape index (κ2) is 3.34. The lowest BCUT2D eigenvalue weighted by Gasteiger charge is -1.98. The summed E-state index contributed by atoms with van der Waals surface area (Å²) in [5.41, 5.74) is 7.20. The highest BCUT2D eigenvalue weighted by atomic mass is 16.1. The number of aryl methyl sites for hydroxylation is 1. The van der Waals surface area contributed by atoms with E-state index in [0.29, 0.717) is 6.54 Å². The van der Waals surface area contributed by atoms with Gasteiger partial charge in [-0.15, -0.1) is 0 Å². The summed E-state index contributed by atoms with van der Waals surface area (Å²) in [7, 11) is 0. The fraction of sp³-hybridized carbons (Fsp3) is 0.375. The van der Waals surface area contributed by atoms with Gasteiger partial charge in [0.15, 0.2) is 0 Å². The average molecular weight is 152 g/mol. The number of rotatable bonds is 2. The molecule has 3 N–H and O–H groups in total. The Morgan fingerprint density at radius 3 is 2.82 bits per heavy atom. The van der Waals surface area contributed by atoms with Gasteiger partial charge in [0.1, 0.15) is 0 Å². The monoisotopic (exact) mass is 152 g/mol. The highest BCUT2D eigenvalue weighted by Gasteiger charge is 1.93. The lowest BCUT2D eigenvalue weighted by molar-refractivity contribution is 0.952. The van der Waals surface area contributed by atoms with E-state index in [0.717, 1.165) is 17.7 Å². The first-order chi connectivity index (χ1) is 5.22. The van der Waals surface area contributed by atoms with Gasteiger partial charge in [-0.05, 0) is 31.5 Å². The van der Waals surface area contributed by atoms with E-state index in [1.807, 2.05) is 13.0 Å². The summed E-state index contributed by atoms with van der Waals surface area (Å²) in [6, 6.07) is 3.52. The molecule has 0 unspecified atom stereocenters. The van der Waals surface area contributed by atoms with Crippen LogP contribution in [0, 0.1) is 6.92 Å². The van der Waals surface area contributed by atoms with Gasteiger partial charge in [-0.2, -0.15) is 0 Å². The van der Waals surface area contributed by atoms with Crippen LogP contribution in [0.1, 0.15) is 11.3 Å². The highest BCUT2D eigenvalue weighted by Crippen LogP contribution is 1.96. The SMILES string of the molecule is Cc1cc(CCN)cc(=O)[nH]1. The van der Waals surface area contributed by atoms with E-state index in [1.54, 1.807) is 6.07 Å². The third-order valence-electron chi connectivity index (χ3n) is 1.47. The van der Waals surface area contributed by atoms with Gasteiger partial charge in [-0.1, -0.05) is 0 Å². The molecule has 0 atom stereocenters. The van der Waals surface area contributed by atoms with E-state index in [2.05, 4.69) is 4.98 Å². The molecule has 0 saturated carbocycles. The van der Waals surface area contributed by atoms with Crippen LogP contribution in [0.4, 0.5) is 0 Å². The Bertz CT molecular complexity index is 290. The number of H-pyrrole nitrogens is 1. The smallest absolute Gasteiger partial charge is 0.248 e. The van der Waals surface area contributed by atoms with Crippen LogP contribution >= 0.6 is 0 Å². The van der Waals surface area contributed by atoms with Crippen LogP contribution in [-0.4, -0.2) is 11.5 Å². The molecule has 60 valence electrons. The molecule has 0 spiro atoms. The number of hydrogen-bond donors (Lipinski definition) is 2. The maximum Gasteiger partial charge on any atom is 0.248 e. The maximum absolute atomic E-state index is 10.9. The molecule has 0 aliphatic rings. The van der Waals surface area contributed by atoms with Gasteiger partial charge in [-0.25, -0.2) is 0 Å². The molecule has 0 aliphatic carbocycles. The normalized spacial score (nSPS) is 10.0. The van der Waals surface area contributed by atoms with Crippen LogP contribution in [0.2, 0.25) is 0 Å². The lowest BCUT2D eigenvalue weighted by Crippen LogP contribution is -2.10. The topological polar surface area (TPSA) is 58.9 Å². The molecule has 0 radical (unpaired) electrons. The first-order valence-electron chi connectivity index (χ1n) is 3.62. The van der Waals surface area contributed by atoms with Crippen molar-refractivity contribution in [2.45, 2.75) is 13.3 Å². The summed E-state index contributed by atoms with van der Waals surface area (Å²) in [5.74, 6) is 0. The van der Waals surface area contributed by atoms with Crippen molar-refractivity contribution in [3.8, 4) is 0 Å². The molecule has 0 fully saturated rings. The zero-order valence-corrected chi connectivity index (χ0v) is 6.55. The van der Waals surface area contributed by atoms with Crippen LogP contribution in [0.3, 0.4) is 0 Å². The zero-order valence-electron chi connectivity index (χ0n) is 6.55. The van der Waals surface area contributed by atoms with Crippen molar-refractivity contribution in [2.75, 3.05) is 6.54 Å². The maximum atomic E-state index is 10.9. The summed E-state index contributed by atoms with van der Waals surface area (Å²) >= 11 is 0. The van der Waals surface area contributed by atoms with Crippen LogP contribution in [0.25, 0.3) is 0 Å². The molecule has 11 heavy (non-hydrogen) atoms. The number of nitrogens with one attached hydrogen (secondary N) is 1. The average Bonchev–Trinajstić information content (AvgIpc) is 1.85. The molecule has 0 saturated heterocycles. The standard InChI is InChI=1S/C8H12N2O/c1-6-4-7(2-3-9)5-8(11)10-6/h4-5H,2-3,9H2,1H3,(H,10,11). The minimum atomic E-state index is -0.0477. The highest BCUT2D eigenvalue weighted by molar-refractivity contribution is 5.15. The van der Waals surface area contributed by atoms with Gasteiger partial charge in [0.25, 0.3) is 0 Å². The Morgan fingerprint density at radius 1 is 1.55 bits per heavy atom. The van der Waals surface area contributed by atoms with Gasteiger partial charge in [0.05, 0.1) is 0 Å². The second-order valence-electron chi connectivity index (χ2n) is 2.57. The molecule has 1 aromatic rings. The van der Waals surface area contributed by atoms with Crippen molar-refractivity contribution in [3.63, 3.8) is 0 Å². The number of aromatic amines is 1. The fourth-order valence-corrected chi connectivity index (χ4v) is 1.07. The minimum Gasteiger partial charge on any atom is -0.330 e. The van der Waals surface area contributed by atoms with Crippen molar-refractivity contribution in [2.24, 2.45) is 5.73 Å². The van der Waals surface area contributed by atoms with Gasteiger partial charge in [-0.3, -0.25) is 4.79 Å². The second-order valence-corrected chi connectivity index (χ2v) is 2.57. The number of pyridine rings is 1. The number of aromatic nitrogens is 1. The quantitative estimate of drug-likeness (QED) is 0.635. The molecule has 3 heteroatoms. The van der Waals surface area contributed by atoms with E-state index in [4.69, 9.17) is 5.73 Å². The van der Waals surface area contributed by atoms with Crippen LogP contribution in [0.15, 0.2) is 16.9 Å². The van der Waals surface area contributed by atoms with Crippen molar-refractivity contribution < 1.29 is 0 Å². The molecule has 1 heterocycles. The number of hydrogen-bond acceptors (Lipinski definition) is 2. The Morgan fingerprint density at radius 2 is 2.27 bits per heavy atom. The van der Waals surface area contributed by atoms with E-state index < -0.39 is 0 Å². The van der Waals surface area contributed by atoms with E-state index in [1.165, 1.54) is 0 Å². The first-order valence-corrected chi connectivity index (χ1v) is 3.62. The van der Waals surface area contributed by atoms with Gasteiger partial charge >= 0.3 is 0 Å². The molecule has 0 bridgehead atoms. The zero-order chi connectivity index (χ0) is 8.27. The van der Waals surface area contributed by atoms with Crippen LogP contribution < -0.4 is 11.3 Å². The lowest BCUT2D eigenvalue weighted by atomic mass is 10.2. The molecular weight excluding hydrogens is 140 g/mol. The van der Waals surface area contributed by atoms with Gasteiger partial charge in [0.2, 0.25) is 5.56 Å². The minimum absolute atomic E-state index is 0.0477. The molecule has 3 nitrogen and oxygen atoms in total. The molecule has 0 aliphatic heterocycles. The largest absolute Gasteiger partial charge is 0.330 e. The summed E-state index contributed by atoms with van der Waals surface area (Å²) in [6.45, 7) is 2.45. The van der Waals surface area contributed by atoms with Crippen molar-refractivity contribution in [1.82, 2.24) is 4.98 Å². The van der Waals surface area contributed by atoms with Gasteiger partial charge in [0, 0.05) is 11.8 Å². The van der Waals surface area contributed by atoms with Crippen molar-refractivity contribution >= 4 is 0 Å². The van der Waals surface area contributed by atoms with Gasteiger partial charge < -0.3 is 10.7 Å². The summed E-state index contributed by atoms with van der Waals surface area (Å²) in [5, 5.41) is 0. The summed E-state index contributed by atoms with van der Waals surface area (Å²) in [6.07, 6.45) is 0.769. The molecule has 0 aromatic carbocycles. The third kappa shape index (κ3) is 2.20. The summed E-state index contributed by atoms with van der Waals surface area (Å²) < 4.78 is 0. The van der Waals surface area contributed by atoms with Crippen LogP contribution in [0.5, 0.6) is 0 Å². The predicted molar refractivity (Wildman–Crippen MR) is 44.6 cm³/mol. The Hall–Kier alpha value is -1.09. The Balaban J connectivity index is 2.99. The molecule has 0 amide bonds. The molecule has 1 rings (SSSR count). The van der Waals surface area contributed by atoms with E-state index in [9.17, 15) is 4.79 Å². The van der Waals surface area contributed by atoms with Crippen LogP contribution in [-0.2, 0) is 6.42 Å². The Kier molecular flexibility index (Phi) is 2.44. The van der Waals surface area contributed by atoms with E-state index in [-0.39, 0.29) is 5.56 Å². The summed E-state index contributed by atoms with van der Waals surface area (Å²) in [4.78, 5) is 13.6. The first kappa shape index (κ1) is 8.01. The molecular formula is C8H12N2O. The Labute approximate surface area is 65.2 Å². The van der Waals surface area contributed by atoms with Crippen molar-refractivity contribution in [3.05, 3.63) is 33.7 Å². The molecule has 1 aromatic heterocycles. The fourth-order valence-electron chi connectivity index (χ4n) is 1.07. The third-order valence-corrected chi connectivity index (χ3v) is 1.47.